The lowest BCUT2D eigenvalue weighted by atomic mass is 10.2. The van der Waals surface area contributed by atoms with Gasteiger partial charge in [-0.2, -0.15) is 9.78 Å². The summed E-state index contributed by atoms with van der Waals surface area (Å²) in [6, 6.07) is 5.66. The van der Waals surface area contributed by atoms with Crippen LogP contribution in [0.25, 0.3) is 16.4 Å². The van der Waals surface area contributed by atoms with Crippen LogP contribution in [-0.4, -0.2) is 37.4 Å². The predicted octanol–water partition coefficient (Wildman–Crippen LogP) is 2.09. The van der Waals surface area contributed by atoms with E-state index >= 15 is 0 Å². The fourth-order valence-electron chi connectivity index (χ4n) is 2.27. The molecular formula is C15H12N8O2S2. The molecule has 0 aliphatic rings. The SMILES string of the molecule is Cc1ccsc1/C=N\NC(=O)c1nnn(-c2nonc2N)c1-c1cccs1. The van der Waals surface area contributed by atoms with Gasteiger partial charge in [0.25, 0.3) is 5.91 Å². The average Bonchev–Trinajstić information content (AvgIpc) is 3.41. The quantitative estimate of drug-likeness (QED) is 0.386. The minimum absolute atomic E-state index is 0.0378. The van der Waals surface area contributed by atoms with Crippen molar-refractivity contribution in [2.45, 2.75) is 6.92 Å². The maximum atomic E-state index is 12.6. The summed E-state index contributed by atoms with van der Waals surface area (Å²) in [6.45, 7) is 1.97. The Balaban J connectivity index is 1.67. The number of amides is 1. The highest BCUT2D eigenvalue weighted by Gasteiger charge is 2.25. The first kappa shape index (κ1) is 17.1. The van der Waals surface area contributed by atoms with Crippen LogP contribution in [0.4, 0.5) is 5.82 Å². The Morgan fingerprint density at radius 3 is 2.89 bits per heavy atom. The van der Waals surface area contributed by atoms with E-state index in [4.69, 9.17) is 5.73 Å². The molecule has 4 heterocycles. The number of anilines is 1. The monoisotopic (exact) mass is 400 g/mol. The van der Waals surface area contributed by atoms with Gasteiger partial charge in [-0.05, 0) is 45.7 Å². The van der Waals surface area contributed by atoms with E-state index < -0.39 is 5.91 Å². The number of hydrogen-bond acceptors (Lipinski definition) is 10. The second-order valence-corrected chi connectivity index (χ2v) is 7.21. The molecule has 4 aromatic heterocycles. The predicted molar refractivity (Wildman–Crippen MR) is 101 cm³/mol. The molecule has 3 N–H and O–H groups in total. The van der Waals surface area contributed by atoms with Crippen molar-refractivity contribution < 1.29 is 9.42 Å². The molecule has 4 aromatic rings. The normalized spacial score (nSPS) is 11.3. The number of aromatic nitrogens is 5. The standard InChI is InChI=1S/C15H12N8O2S2/c1-8-4-6-27-10(8)7-17-19-15(24)11-12(9-3-2-5-26-9)23(22-18-11)14-13(16)20-25-21-14/h2-7H,1H3,(H2,16,20)(H,19,24)/b17-7-. The third-order valence-corrected chi connectivity index (χ3v) is 5.42. The molecule has 0 bridgehead atoms. The molecule has 0 atom stereocenters. The van der Waals surface area contributed by atoms with E-state index in [0.29, 0.717) is 5.69 Å². The number of hydrogen-bond donors (Lipinski definition) is 2. The van der Waals surface area contributed by atoms with Crippen LogP contribution >= 0.6 is 22.7 Å². The van der Waals surface area contributed by atoms with Gasteiger partial charge in [0.15, 0.2) is 5.69 Å². The van der Waals surface area contributed by atoms with Crippen molar-refractivity contribution in [3.63, 3.8) is 0 Å². The third kappa shape index (κ3) is 3.22. The zero-order valence-corrected chi connectivity index (χ0v) is 15.5. The first-order valence-corrected chi connectivity index (χ1v) is 9.36. The Labute approximate surface area is 160 Å². The lowest BCUT2D eigenvalue weighted by Gasteiger charge is -2.03. The van der Waals surface area contributed by atoms with Crippen molar-refractivity contribution in [1.82, 2.24) is 30.7 Å². The van der Waals surface area contributed by atoms with Crippen LogP contribution in [0.1, 0.15) is 20.9 Å². The molecule has 0 radical (unpaired) electrons. The molecule has 0 fully saturated rings. The van der Waals surface area contributed by atoms with E-state index in [9.17, 15) is 4.79 Å². The largest absolute Gasteiger partial charge is 0.378 e. The first-order valence-electron chi connectivity index (χ1n) is 7.60. The topological polar surface area (TPSA) is 137 Å². The second kappa shape index (κ2) is 7.09. The molecule has 4 rings (SSSR count). The summed E-state index contributed by atoms with van der Waals surface area (Å²) in [5.74, 6) is -0.316. The fraction of sp³-hybridized carbons (Fsp3) is 0.0667. The summed E-state index contributed by atoms with van der Waals surface area (Å²) in [4.78, 5) is 14.3. The highest BCUT2D eigenvalue weighted by atomic mass is 32.1. The zero-order chi connectivity index (χ0) is 18.8. The van der Waals surface area contributed by atoms with E-state index in [1.165, 1.54) is 27.4 Å². The third-order valence-electron chi connectivity index (χ3n) is 3.59. The van der Waals surface area contributed by atoms with Crippen molar-refractivity contribution in [3.05, 3.63) is 45.1 Å². The van der Waals surface area contributed by atoms with E-state index in [1.807, 2.05) is 35.9 Å². The number of nitrogens with one attached hydrogen (secondary N) is 1. The van der Waals surface area contributed by atoms with Gasteiger partial charge < -0.3 is 5.73 Å². The van der Waals surface area contributed by atoms with E-state index in [2.05, 4.69) is 35.8 Å². The number of nitrogen functional groups attached to an aromatic ring is 1. The van der Waals surface area contributed by atoms with Crippen molar-refractivity contribution in [1.29, 1.82) is 0 Å². The Morgan fingerprint density at radius 2 is 2.22 bits per heavy atom. The molecular weight excluding hydrogens is 388 g/mol. The van der Waals surface area contributed by atoms with Gasteiger partial charge in [0, 0.05) is 4.88 Å². The first-order chi connectivity index (χ1) is 13.1. The van der Waals surface area contributed by atoms with Crippen LogP contribution < -0.4 is 11.2 Å². The number of hydrazone groups is 1. The molecule has 1 amide bonds. The van der Waals surface area contributed by atoms with Crippen molar-refractivity contribution >= 4 is 40.6 Å². The molecule has 0 unspecified atom stereocenters. The maximum absolute atomic E-state index is 12.6. The number of thiophene rings is 2. The highest BCUT2D eigenvalue weighted by molar-refractivity contribution is 7.13. The van der Waals surface area contributed by atoms with Crippen molar-refractivity contribution in [2.75, 3.05) is 5.73 Å². The molecule has 0 saturated carbocycles. The number of nitrogens with zero attached hydrogens (tertiary/aromatic N) is 6. The molecule has 0 aromatic carbocycles. The number of rotatable bonds is 5. The molecule has 10 nitrogen and oxygen atoms in total. The van der Waals surface area contributed by atoms with E-state index in [-0.39, 0.29) is 17.3 Å². The van der Waals surface area contributed by atoms with Gasteiger partial charge in [0.2, 0.25) is 11.6 Å². The Morgan fingerprint density at radius 1 is 1.33 bits per heavy atom. The number of carbonyl (C=O) groups is 1. The molecule has 0 aliphatic heterocycles. The van der Waals surface area contributed by atoms with Crippen molar-refractivity contribution in [3.8, 4) is 16.4 Å². The molecule has 136 valence electrons. The van der Waals surface area contributed by atoms with Crippen molar-refractivity contribution in [2.24, 2.45) is 5.10 Å². The Hall–Kier alpha value is -3.38. The molecule has 27 heavy (non-hydrogen) atoms. The summed E-state index contributed by atoms with van der Waals surface area (Å²) in [7, 11) is 0. The van der Waals surface area contributed by atoms with Gasteiger partial charge in [0.1, 0.15) is 5.69 Å². The molecule has 0 spiro atoms. The van der Waals surface area contributed by atoms with Crippen LogP contribution in [0.5, 0.6) is 0 Å². The van der Waals surface area contributed by atoms with Gasteiger partial charge in [0.05, 0.1) is 11.1 Å². The fourth-order valence-corrected chi connectivity index (χ4v) is 3.82. The lowest BCUT2D eigenvalue weighted by molar-refractivity contribution is 0.0951. The minimum Gasteiger partial charge on any atom is -0.378 e. The lowest BCUT2D eigenvalue weighted by Crippen LogP contribution is -2.19. The Bertz CT molecular complexity index is 1110. The molecule has 12 heteroatoms. The summed E-state index contributed by atoms with van der Waals surface area (Å²) in [5.41, 5.74) is 9.82. The Kier molecular flexibility index (Phi) is 4.48. The van der Waals surface area contributed by atoms with Gasteiger partial charge in [-0.15, -0.1) is 27.8 Å². The maximum Gasteiger partial charge on any atom is 0.294 e. The number of nitrogens with two attached hydrogens (primary N) is 1. The summed E-state index contributed by atoms with van der Waals surface area (Å²) in [5, 5.41) is 23.1. The minimum atomic E-state index is -0.509. The van der Waals surface area contributed by atoms with Gasteiger partial charge in [-0.1, -0.05) is 11.3 Å². The number of aryl methyl sites for hydroxylation is 1. The van der Waals surface area contributed by atoms with Gasteiger partial charge >= 0.3 is 0 Å². The van der Waals surface area contributed by atoms with Crippen LogP contribution in [0.3, 0.4) is 0 Å². The van der Waals surface area contributed by atoms with Crippen LogP contribution in [0.2, 0.25) is 0 Å². The van der Waals surface area contributed by atoms with Gasteiger partial charge in [-0.25, -0.2) is 10.1 Å². The van der Waals surface area contributed by atoms with Crippen LogP contribution in [-0.2, 0) is 0 Å². The molecule has 0 aliphatic carbocycles. The van der Waals surface area contributed by atoms with Gasteiger partial charge in [-0.3, -0.25) is 4.79 Å². The summed E-state index contributed by atoms with van der Waals surface area (Å²) in [6.07, 6.45) is 1.59. The van der Waals surface area contributed by atoms with Crippen LogP contribution in [0.15, 0.2) is 38.7 Å². The highest BCUT2D eigenvalue weighted by Crippen LogP contribution is 2.29. The second-order valence-electron chi connectivity index (χ2n) is 5.32. The van der Waals surface area contributed by atoms with Crippen LogP contribution in [0, 0.1) is 6.92 Å². The number of carbonyl (C=O) groups excluding carboxylic acids is 1. The van der Waals surface area contributed by atoms with E-state index in [1.54, 1.807) is 6.21 Å². The average molecular weight is 400 g/mol. The summed E-state index contributed by atoms with van der Waals surface area (Å²) >= 11 is 2.95. The summed E-state index contributed by atoms with van der Waals surface area (Å²) < 4.78 is 5.95. The molecule has 0 saturated heterocycles. The van der Waals surface area contributed by atoms with E-state index in [0.717, 1.165) is 15.3 Å². The smallest absolute Gasteiger partial charge is 0.294 e. The zero-order valence-electron chi connectivity index (χ0n) is 13.9.